The molecule has 2 aromatic heterocycles. The average molecular weight is 466 g/mol. The first-order chi connectivity index (χ1) is 16.5. The summed E-state index contributed by atoms with van der Waals surface area (Å²) in [5, 5.41) is 17.4. The van der Waals surface area contributed by atoms with Crippen LogP contribution < -0.4 is 10.3 Å². The van der Waals surface area contributed by atoms with Gasteiger partial charge in [-0.2, -0.15) is 0 Å². The number of rotatable bonds is 10. The van der Waals surface area contributed by atoms with E-state index in [0.29, 0.717) is 29.4 Å². The lowest BCUT2D eigenvalue weighted by molar-refractivity contribution is -0.142. The summed E-state index contributed by atoms with van der Waals surface area (Å²) < 4.78 is 12.2. The van der Waals surface area contributed by atoms with Crippen molar-refractivity contribution in [3.63, 3.8) is 0 Å². The Morgan fingerprint density at radius 3 is 2.68 bits per heavy atom. The fourth-order valence-electron chi connectivity index (χ4n) is 3.85. The zero-order chi connectivity index (χ0) is 23.9. The summed E-state index contributed by atoms with van der Waals surface area (Å²) in [7, 11) is 0. The highest BCUT2D eigenvalue weighted by atomic mass is 16.5. The van der Waals surface area contributed by atoms with Gasteiger partial charge < -0.3 is 14.6 Å². The molecule has 1 fully saturated rings. The van der Waals surface area contributed by atoms with Crippen molar-refractivity contribution in [1.29, 1.82) is 0 Å². The zero-order valence-corrected chi connectivity index (χ0v) is 18.6. The lowest BCUT2D eigenvalue weighted by Gasteiger charge is -2.22. The van der Waals surface area contributed by atoms with E-state index < -0.39 is 17.4 Å². The number of benzene rings is 1. The van der Waals surface area contributed by atoms with Crippen LogP contribution in [-0.2, 0) is 16.1 Å². The molecule has 0 radical (unpaired) electrons. The van der Waals surface area contributed by atoms with E-state index in [-0.39, 0.29) is 30.7 Å². The first kappa shape index (κ1) is 23.5. The van der Waals surface area contributed by atoms with Crippen LogP contribution in [0.4, 0.5) is 0 Å². The Hall–Kier alpha value is -3.66. The molecule has 4 rings (SSSR count). The summed E-state index contributed by atoms with van der Waals surface area (Å²) in [5.74, 6) is -1.24. The van der Waals surface area contributed by atoms with E-state index in [1.165, 1.54) is 6.20 Å². The van der Waals surface area contributed by atoms with E-state index in [1.807, 2.05) is 0 Å². The van der Waals surface area contributed by atoms with E-state index in [9.17, 15) is 19.5 Å². The Bertz CT molecular complexity index is 1200. The third-order valence-corrected chi connectivity index (χ3v) is 5.96. The minimum Gasteiger partial charge on any atom is -0.493 e. The van der Waals surface area contributed by atoms with Crippen LogP contribution in [0.15, 0.2) is 47.4 Å². The topological polar surface area (TPSA) is 134 Å². The number of aryl methyl sites for hydroxylation is 1. The highest BCUT2D eigenvalue weighted by Crippen LogP contribution is 2.20. The van der Waals surface area contributed by atoms with Gasteiger partial charge in [-0.15, -0.1) is 5.10 Å². The summed E-state index contributed by atoms with van der Waals surface area (Å²) in [6.45, 7) is 2.13. The fourth-order valence-corrected chi connectivity index (χ4v) is 3.85. The third kappa shape index (κ3) is 5.82. The number of aromatic nitrogens is 4. The van der Waals surface area contributed by atoms with Gasteiger partial charge in [0.2, 0.25) is 0 Å². The number of ketones is 1. The monoisotopic (exact) mass is 466 g/mol. The number of hydrogen-bond acceptors (Lipinski definition) is 8. The maximum Gasteiger partial charge on any atom is 0.307 e. The Morgan fingerprint density at radius 2 is 1.94 bits per heavy atom. The first-order valence-corrected chi connectivity index (χ1v) is 11.3. The molecule has 0 saturated carbocycles. The van der Waals surface area contributed by atoms with Crippen molar-refractivity contribution in [2.24, 2.45) is 11.8 Å². The maximum atomic E-state index is 12.7. The SMILES string of the molecule is O=C(CC(CCn1nnc2cccnc2c1=O)C(=O)O)c1ccc(OCC2CCOCC2)cc1. The Labute approximate surface area is 195 Å². The molecule has 1 aromatic carbocycles. The smallest absolute Gasteiger partial charge is 0.307 e. The van der Waals surface area contributed by atoms with Crippen LogP contribution >= 0.6 is 0 Å². The zero-order valence-electron chi connectivity index (χ0n) is 18.6. The number of ether oxygens (including phenoxy) is 2. The largest absolute Gasteiger partial charge is 0.493 e. The summed E-state index contributed by atoms with van der Waals surface area (Å²) in [6, 6.07) is 10.0. The molecule has 1 aliphatic heterocycles. The molecule has 1 atom stereocenters. The summed E-state index contributed by atoms with van der Waals surface area (Å²) >= 11 is 0. The molecule has 3 aromatic rings. The lowest BCUT2D eigenvalue weighted by atomic mass is 9.95. The Kier molecular flexibility index (Phi) is 7.58. The molecule has 3 heterocycles. The van der Waals surface area contributed by atoms with Gasteiger partial charge in [-0.1, -0.05) is 5.21 Å². The molecule has 0 bridgehead atoms. The second-order valence-corrected chi connectivity index (χ2v) is 8.33. The van der Waals surface area contributed by atoms with E-state index in [0.717, 1.165) is 30.7 Å². The lowest BCUT2D eigenvalue weighted by Crippen LogP contribution is -2.28. The molecular formula is C24H26N4O6. The van der Waals surface area contributed by atoms with Crippen molar-refractivity contribution in [2.45, 2.75) is 32.2 Å². The predicted molar refractivity (Wildman–Crippen MR) is 122 cm³/mol. The molecular weight excluding hydrogens is 440 g/mol. The third-order valence-electron chi connectivity index (χ3n) is 5.96. The van der Waals surface area contributed by atoms with Crippen LogP contribution in [-0.4, -0.2) is 56.7 Å². The van der Waals surface area contributed by atoms with Crippen LogP contribution in [0.25, 0.3) is 11.0 Å². The highest BCUT2D eigenvalue weighted by Gasteiger charge is 2.23. The van der Waals surface area contributed by atoms with E-state index in [2.05, 4.69) is 15.3 Å². The number of nitrogens with zero attached hydrogens (tertiary/aromatic N) is 4. The normalized spacial score (nSPS) is 15.2. The Balaban J connectivity index is 1.34. The molecule has 1 N–H and O–H groups in total. The number of carbonyl (C=O) groups is 2. The predicted octanol–water partition coefficient (Wildman–Crippen LogP) is 2.36. The quantitative estimate of drug-likeness (QED) is 0.447. The molecule has 0 spiro atoms. The second kappa shape index (κ2) is 11.0. The van der Waals surface area contributed by atoms with Gasteiger partial charge >= 0.3 is 5.97 Å². The van der Waals surface area contributed by atoms with Gasteiger partial charge in [0, 0.05) is 37.9 Å². The van der Waals surface area contributed by atoms with Crippen molar-refractivity contribution < 1.29 is 24.2 Å². The number of carbonyl (C=O) groups excluding carboxylic acids is 1. The molecule has 1 aliphatic rings. The number of hydrogen-bond donors (Lipinski definition) is 1. The van der Waals surface area contributed by atoms with Gasteiger partial charge in [0.05, 0.1) is 12.5 Å². The maximum absolute atomic E-state index is 12.7. The highest BCUT2D eigenvalue weighted by molar-refractivity contribution is 5.98. The molecule has 10 heteroatoms. The van der Waals surface area contributed by atoms with Gasteiger partial charge in [0.1, 0.15) is 11.3 Å². The van der Waals surface area contributed by atoms with Gasteiger partial charge in [0.15, 0.2) is 11.3 Å². The van der Waals surface area contributed by atoms with Gasteiger partial charge in [-0.25, -0.2) is 9.67 Å². The first-order valence-electron chi connectivity index (χ1n) is 11.3. The Morgan fingerprint density at radius 1 is 1.18 bits per heavy atom. The summed E-state index contributed by atoms with van der Waals surface area (Å²) in [4.78, 5) is 41.0. The van der Waals surface area contributed by atoms with Crippen LogP contribution in [0, 0.1) is 11.8 Å². The number of carboxylic acid groups (broad SMARTS) is 1. The average Bonchev–Trinajstić information content (AvgIpc) is 2.87. The van der Waals surface area contributed by atoms with Crippen molar-refractivity contribution in [2.75, 3.05) is 19.8 Å². The van der Waals surface area contributed by atoms with Crippen LogP contribution in [0.2, 0.25) is 0 Å². The van der Waals surface area contributed by atoms with E-state index >= 15 is 0 Å². The summed E-state index contributed by atoms with van der Waals surface area (Å²) in [6.07, 6.45) is 3.29. The summed E-state index contributed by atoms with van der Waals surface area (Å²) in [5.41, 5.74) is 0.502. The van der Waals surface area contributed by atoms with Crippen molar-refractivity contribution >= 4 is 22.8 Å². The number of carboxylic acids is 1. The minimum absolute atomic E-state index is 0.0155. The second-order valence-electron chi connectivity index (χ2n) is 8.33. The van der Waals surface area contributed by atoms with E-state index in [4.69, 9.17) is 9.47 Å². The van der Waals surface area contributed by atoms with Crippen LogP contribution in [0.5, 0.6) is 5.75 Å². The minimum atomic E-state index is -1.11. The standard InChI is InChI=1S/C24H26N4O6/c29-21(17-3-5-19(6-4-17)34-15-16-8-12-33-13-9-16)14-18(24(31)32)7-11-28-23(30)22-20(26-27-28)2-1-10-25-22/h1-6,10,16,18H,7-9,11-15H2,(H,31,32). The molecule has 1 saturated heterocycles. The number of pyridine rings is 1. The van der Waals surface area contributed by atoms with Crippen molar-refractivity contribution in [3.05, 3.63) is 58.5 Å². The van der Waals surface area contributed by atoms with Crippen LogP contribution in [0.3, 0.4) is 0 Å². The van der Waals surface area contributed by atoms with Crippen molar-refractivity contribution in [1.82, 2.24) is 20.0 Å². The van der Waals surface area contributed by atoms with Gasteiger partial charge in [-0.3, -0.25) is 14.4 Å². The molecule has 34 heavy (non-hydrogen) atoms. The van der Waals surface area contributed by atoms with Crippen LogP contribution in [0.1, 0.15) is 36.0 Å². The number of fused-ring (bicyclic) bond motifs is 1. The van der Waals surface area contributed by atoms with Gasteiger partial charge in [0.25, 0.3) is 5.56 Å². The fraction of sp³-hybridized carbons (Fsp3) is 0.417. The van der Waals surface area contributed by atoms with Crippen molar-refractivity contribution in [3.8, 4) is 5.75 Å². The van der Waals surface area contributed by atoms with E-state index in [1.54, 1.807) is 36.4 Å². The molecule has 1 unspecified atom stereocenters. The number of Topliss-reactive ketones (excluding diaryl/α,β-unsaturated/α-hetero) is 1. The number of aliphatic carboxylic acids is 1. The van der Waals surface area contributed by atoms with Gasteiger partial charge in [-0.05, 0) is 61.6 Å². The molecule has 0 amide bonds. The molecule has 10 nitrogen and oxygen atoms in total. The molecule has 178 valence electrons. The molecule has 0 aliphatic carbocycles.